The summed E-state index contributed by atoms with van der Waals surface area (Å²) in [6.45, 7) is 3.50. The van der Waals surface area contributed by atoms with E-state index in [1.54, 1.807) is 0 Å². The number of nitrogens with one attached hydrogen (secondary N) is 1. The highest BCUT2D eigenvalue weighted by atomic mass is 16.6. The molecule has 0 radical (unpaired) electrons. The number of aromatic amines is 1. The number of aromatic nitrogens is 2. The Hall–Kier alpha value is -1.81. The predicted octanol–water partition coefficient (Wildman–Crippen LogP) is 2.16. The summed E-state index contributed by atoms with van der Waals surface area (Å²) in [4.78, 5) is 0. The highest BCUT2D eigenvalue weighted by molar-refractivity contribution is 5.72. The van der Waals surface area contributed by atoms with Gasteiger partial charge in [0, 0.05) is 17.3 Å². The molecule has 0 saturated carbocycles. The van der Waals surface area contributed by atoms with Gasteiger partial charge in [0.2, 0.25) is 0 Å². The summed E-state index contributed by atoms with van der Waals surface area (Å²) in [5, 5.41) is 6.81. The lowest BCUT2D eigenvalue weighted by atomic mass is 10.0. The van der Waals surface area contributed by atoms with E-state index >= 15 is 0 Å². The van der Waals surface area contributed by atoms with E-state index in [1.165, 1.54) is 5.56 Å². The first-order valence-corrected chi connectivity index (χ1v) is 5.68. The normalized spacial score (nSPS) is 18.1. The molecule has 2 aromatic rings. The van der Waals surface area contributed by atoms with Crippen molar-refractivity contribution in [2.45, 2.75) is 13.0 Å². The number of rotatable bonds is 4. The lowest BCUT2D eigenvalue weighted by Gasteiger charge is -2.11. The van der Waals surface area contributed by atoms with Crippen LogP contribution in [0.2, 0.25) is 0 Å². The van der Waals surface area contributed by atoms with Crippen LogP contribution in [0.4, 0.5) is 0 Å². The van der Waals surface area contributed by atoms with Gasteiger partial charge in [0.05, 0.1) is 12.8 Å². The van der Waals surface area contributed by atoms with Gasteiger partial charge in [-0.2, -0.15) is 5.10 Å². The molecule has 4 heteroatoms. The first-order valence-electron chi connectivity index (χ1n) is 5.68. The van der Waals surface area contributed by atoms with Gasteiger partial charge >= 0.3 is 0 Å². The second kappa shape index (κ2) is 4.22. The number of hydrogen-bond donors (Lipinski definition) is 1. The maximum atomic E-state index is 5.80. The molecule has 1 unspecified atom stereocenters. The molecule has 1 aliphatic rings. The number of H-pyrrole nitrogens is 1. The Bertz CT molecular complexity index is 504. The van der Waals surface area contributed by atoms with Crippen molar-refractivity contribution in [3.63, 3.8) is 0 Å². The summed E-state index contributed by atoms with van der Waals surface area (Å²) in [6, 6.07) is 6.06. The van der Waals surface area contributed by atoms with E-state index in [9.17, 15) is 0 Å². The highest BCUT2D eigenvalue weighted by Gasteiger charge is 2.23. The Labute approximate surface area is 99.6 Å². The maximum absolute atomic E-state index is 5.80. The fourth-order valence-electron chi connectivity index (χ4n) is 1.87. The van der Waals surface area contributed by atoms with Gasteiger partial charge in [-0.25, -0.2) is 0 Å². The zero-order valence-electron chi connectivity index (χ0n) is 9.64. The van der Waals surface area contributed by atoms with Crippen LogP contribution in [-0.4, -0.2) is 29.5 Å². The summed E-state index contributed by atoms with van der Waals surface area (Å²) >= 11 is 0. The van der Waals surface area contributed by atoms with Crippen LogP contribution < -0.4 is 4.74 Å². The van der Waals surface area contributed by atoms with Crippen molar-refractivity contribution in [3.05, 3.63) is 36.2 Å². The molecule has 1 aromatic carbocycles. The molecule has 1 N–H and O–H groups in total. The van der Waals surface area contributed by atoms with Gasteiger partial charge in [-0.3, -0.25) is 5.10 Å². The third-order valence-corrected chi connectivity index (χ3v) is 2.85. The molecule has 17 heavy (non-hydrogen) atoms. The van der Waals surface area contributed by atoms with Crippen molar-refractivity contribution in [1.82, 2.24) is 10.2 Å². The van der Waals surface area contributed by atoms with Crippen molar-refractivity contribution in [1.29, 1.82) is 0 Å². The van der Waals surface area contributed by atoms with Crippen LogP contribution in [0.5, 0.6) is 5.75 Å². The van der Waals surface area contributed by atoms with Gasteiger partial charge in [-0.05, 0) is 18.6 Å². The van der Waals surface area contributed by atoms with Crippen LogP contribution in [0, 0.1) is 6.92 Å². The van der Waals surface area contributed by atoms with E-state index in [2.05, 4.69) is 23.2 Å². The molecular weight excluding hydrogens is 216 g/mol. The second-order valence-corrected chi connectivity index (χ2v) is 4.20. The van der Waals surface area contributed by atoms with Crippen LogP contribution in [0.1, 0.15) is 5.56 Å². The molecular formula is C13H14N2O2. The third-order valence-electron chi connectivity index (χ3n) is 2.85. The quantitative estimate of drug-likeness (QED) is 0.819. The van der Waals surface area contributed by atoms with Gasteiger partial charge < -0.3 is 9.47 Å². The summed E-state index contributed by atoms with van der Waals surface area (Å²) < 4.78 is 10.9. The first-order chi connectivity index (χ1) is 8.34. The minimum absolute atomic E-state index is 0.271. The molecule has 4 nitrogen and oxygen atoms in total. The minimum Gasteiger partial charge on any atom is -0.490 e. The Balaban J connectivity index is 1.92. The average Bonchev–Trinajstić information content (AvgIpc) is 3.01. The van der Waals surface area contributed by atoms with E-state index in [1.807, 2.05) is 24.5 Å². The zero-order chi connectivity index (χ0) is 11.7. The molecule has 1 saturated heterocycles. The van der Waals surface area contributed by atoms with E-state index in [-0.39, 0.29) is 6.10 Å². The number of aryl methyl sites for hydroxylation is 1. The molecule has 3 rings (SSSR count). The third kappa shape index (κ3) is 2.17. The molecule has 0 bridgehead atoms. The van der Waals surface area contributed by atoms with E-state index in [0.717, 1.165) is 23.5 Å². The number of epoxide rings is 1. The number of benzene rings is 1. The molecule has 2 heterocycles. The number of ether oxygens (including phenoxy) is 2. The van der Waals surface area contributed by atoms with Crippen molar-refractivity contribution in [2.75, 3.05) is 13.2 Å². The van der Waals surface area contributed by atoms with Gasteiger partial charge in [0.25, 0.3) is 0 Å². The predicted molar refractivity (Wildman–Crippen MR) is 64.0 cm³/mol. The molecule has 1 aliphatic heterocycles. The number of hydrogen-bond acceptors (Lipinski definition) is 3. The van der Waals surface area contributed by atoms with E-state index < -0.39 is 0 Å². The van der Waals surface area contributed by atoms with Crippen molar-refractivity contribution >= 4 is 0 Å². The topological polar surface area (TPSA) is 50.4 Å². The summed E-state index contributed by atoms with van der Waals surface area (Å²) in [5.74, 6) is 0.891. The monoisotopic (exact) mass is 230 g/mol. The van der Waals surface area contributed by atoms with Crippen molar-refractivity contribution in [3.8, 4) is 16.9 Å². The fraction of sp³-hybridized carbons (Fsp3) is 0.308. The molecule has 1 atom stereocenters. The Morgan fingerprint density at radius 3 is 3.12 bits per heavy atom. The van der Waals surface area contributed by atoms with Gasteiger partial charge in [-0.15, -0.1) is 0 Å². The fourth-order valence-corrected chi connectivity index (χ4v) is 1.87. The smallest absolute Gasteiger partial charge is 0.127 e. The Morgan fingerprint density at radius 2 is 2.41 bits per heavy atom. The zero-order valence-corrected chi connectivity index (χ0v) is 9.64. The molecule has 88 valence electrons. The van der Waals surface area contributed by atoms with E-state index in [0.29, 0.717) is 6.61 Å². The van der Waals surface area contributed by atoms with Crippen LogP contribution in [-0.2, 0) is 4.74 Å². The van der Waals surface area contributed by atoms with Crippen molar-refractivity contribution in [2.24, 2.45) is 0 Å². The van der Waals surface area contributed by atoms with Gasteiger partial charge in [-0.1, -0.05) is 12.1 Å². The summed E-state index contributed by atoms with van der Waals surface area (Å²) in [7, 11) is 0. The Kier molecular flexibility index (Phi) is 2.57. The molecule has 0 aliphatic carbocycles. The van der Waals surface area contributed by atoms with Crippen LogP contribution in [0.3, 0.4) is 0 Å². The van der Waals surface area contributed by atoms with Crippen molar-refractivity contribution < 1.29 is 9.47 Å². The maximum Gasteiger partial charge on any atom is 0.127 e. The molecule has 1 fully saturated rings. The lowest BCUT2D eigenvalue weighted by molar-refractivity contribution is 0.264. The average molecular weight is 230 g/mol. The molecule has 1 aromatic heterocycles. The molecule has 0 amide bonds. The van der Waals surface area contributed by atoms with Gasteiger partial charge in [0.1, 0.15) is 18.5 Å². The standard InChI is InChI=1S/C13H14N2O2/c1-9-3-2-4-12(17-8-11-7-16-11)13(9)10-5-14-15-6-10/h2-6,11H,7-8H2,1H3,(H,14,15). The van der Waals surface area contributed by atoms with Crippen LogP contribution >= 0.6 is 0 Å². The highest BCUT2D eigenvalue weighted by Crippen LogP contribution is 2.32. The minimum atomic E-state index is 0.271. The first kappa shape index (κ1) is 10.4. The summed E-state index contributed by atoms with van der Waals surface area (Å²) in [5.41, 5.74) is 3.33. The number of nitrogens with zero attached hydrogens (tertiary/aromatic N) is 1. The summed E-state index contributed by atoms with van der Waals surface area (Å²) in [6.07, 6.45) is 3.96. The van der Waals surface area contributed by atoms with E-state index in [4.69, 9.17) is 9.47 Å². The Morgan fingerprint density at radius 1 is 1.53 bits per heavy atom. The largest absolute Gasteiger partial charge is 0.490 e. The molecule has 0 spiro atoms. The SMILES string of the molecule is Cc1cccc(OCC2CO2)c1-c1cn[nH]c1. The van der Waals surface area contributed by atoms with Crippen LogP contribution in [0.15, 0.2) is 30.6 Å². The lowest BCUT2D eigenvalue weighted by Crippen LogP contribution is -2.05. The second-order valence-electron chi connectivity index (χ2n) is 4.20. The van der Waals surface area contributed by atoms with Gasteiger partial charge in [0.15, 0.2) is 0 Å². The van der Waals surface area contributed by atoms with Crippen LogP contribution in [0.25, 0.3) is 11.1 Å².